The Hall–Kier alpha value is -2.22. The molecule has 0 heterocycles. The maximum atomic E-state index is 11.1. The lowest BCUT2D eigenvalue weighted by molar-refractivity contribution is -0.116. The van der Waals surface area contributed by atoms with Crippen molar-refractivity contribution in [2.24, 2.45) is 11.7 Å². The van der Waals surface area contributed by atoms with Crippen LogP contribution in [0.3, 0.4) is 0 Å². The van der Waals surface area contributed by atoms with Crippen LogP contribution in [-0.2, 0) is 4.79 Å². The molecule has 0 spiro atoms. The number of carbonyl (C=O) groups excluding carboxylic acids is 1. The second-order valence-corrected chi connectivity index (χ2v) is 4.59. The van der Waals surface area contributed by atoms with Crippen molar-refractivity contribution in [2.75, 3.05) is 23.7 Å². The normalized spacial score (nSPS) is 10.1. The maximum Gasteiger partial charge on any atom is 0.236 e. The van der Waals surface area contributed by atoms with Gasteiger partial charge in [-0.25, -0.2) is 0 Å². The third-order valence-corrected chi connectivity index (χ3v) is 2.48. The predicted octanol–water partition coefficient (Wildman–Crippen LogP) is 1.09. The summed E-state index contributed by atoms with van der Waals surface area (Å²) in [5, 5.41) is 8.95. The number of primary amides is 1. The molecule has 4 N–H and O–H groups in total. The van der Waals surface area contributed by atoms with Crippen molar-refractivity contribution in [2.45, 2.75) is 13.8 Å². The standard InChI is InChI=1S/C13H18N4O/c1-9(2)7-17(8-12(15)18)11-5-3-4-10(6-14)13(11)16/h3-5,9H,7-8,16H2,1-2H3,(H2,15,18). The highest BCUT2D eigenvalue weighted by Crippen LogP contribution is 2.26. The quantitative estimate of drug-likeness (QED) is 0.760. The minimum absolute atomic E-state index is 0.0945. The zero-order valence-electron chi connectivity index (χ0n) is 10.7. The number of benzene rings is 1. The summed E-state index contributed by atoms with van der Waals surface area (Å²) in [6.07, 6.45) is 0. The number of rotatable bonds is 5. The Morgan fingerprint density at radius 3 is 2.67 bits per heavy atom. The summed E-state index contributed by atoms with van der Waals surface area (Å²) in [5.74, 6) is -0.0631. The Kier molecular flexibility index (Phi) is 4.55. The second kappa shape index (κ2) is 5.92. The molecule has 0 saturated carbocycles. The van der Waals surface area contributed by atoms with E-state index in [2.05, 4.69) is 0 Å². The van der Waals surface area contributed by atoms with Gasteiger partial charge >= 0.3 is 0 Å². The molecule has 0 aromatic heterocycles. The van der Waals surface area contributed by atoms with E-state index in [0.29, 0.717) is 29.4 Å². The molecule has 0 bridgehead atoms. The van der Waals surface area contributed by atoms with Crippen LogP contribution in [0, 0.1) is 17.2 Å². The van der Waals surface area contributed by atoms with Crippen LogP contribution in [-0.4, -0.2) is 19.0 Å². The van der Waals surface area contributed by atoms with E-state index in [1.807, 2.05) is 24.8 Å². The Morgan fingerprint density at radius 2 is 2.17 bits per heavy atom. The molecular weight excluding hydrogens is 228 g/mol. The number of para-hydroxylation sites is 1. The number of anilines is 2. The molecule has 96 valence electrons. The van der Waals surface area contributed by atoms with E-state index >= 15 is 0 Å². The van der Waals surface area contributed by atoms with Gasteiger partial charge in [0.05, 0.1) is 23.5 Å². The van der Waals surface area contributed by atoms with Gasteiger partial charge in [0.2, 0.25) is 5.91 Å². The summed E-state index contributed by atoms with van der Waals surface area (Å²) in [6.45, 7) is 4.83. The van der Waals surface area contributed by atoms with E-state index in [-0.39, 0.29) is 6.54 Å². The number of amides is 1. The Labute approximate surface area is 107 Å². The molecule has 1 aromatic carbocycles. The molecule has 0 aliphatic rings. The molecule has 0 saturated heterocycles. The van der Waals surface area contributed by atoms with Crippen molar-refractivity contribution in [3.63, 3.8) is 0 Å². The van der Waals surface area contributed by atoms with Gasteiger partial charge in [-0.1, -0.05) is 19.9 Å². The van der Waals surface area contributed by atoms with Crippen LogP contribution < -0.4 is 16.4 Å². The molecule has 0 aliphatic heterocycles. The second-order valence-electron chi connectivity index (χ2n) is 4.59. The molecule has 0 fully saturated rings. The number of nitrogens with two attached hydrogens (primary N) is 2. The van der Waals surface area contributed by atoms with Gasteiger partial charge in [0.15, 0.2) is 0 Å². The van der Waals surface area contributed by atoms with Gasteiger partial charge in [-0.05, 0) is 18.1 Å². The predicted molar refractivity (Wildman–Crippen MR) is 71.8 cm³/mol. The van der Waals surface area contributed by atoms with Gasteiger partial charge in [-0.15, -0.1) is 0 Å². The Bertz CT molecular complexity index is 476. The molecule has 0 radical (unpaired) electrons. The average Bonchev–Trinajstić information content (AvgIpc) is 2.27. The molecule has 5 nitrogen and oxygen atoms in total. The highest BCUT2D eigenvalue weighted by atomic mass is 16.1. The fourth-order valence-electron chi connectivity index (χ4n) is 1.80. The largest absolute Gasteiger partial charge is 0.396 e. The topological polar surface area (TPSA) is 96.1 Å². The van der Waals surface area contributed by atoms with Crippen LogP contribution in [0.25, 0.3) is 0 Å². The molecule has 5 heteroatoms. The molecular formula is C13H18N4O. The first kappa shape index (κ1) is 13.8. The van der Waals surface area contributed by atoms with E-state index in [0.717, 1.165) is 0 Å². The fourth-order valence-corrected chi connectivity index (χ4v) is 1.80. The van der Waals surface area contributed by atoms with Crippen LogP contribution >= 0.6 is 0 Å². The highest BCUT2D eigenvalue weighted by Gasteiger charge is 2.15. The van der Waals surface area contributed by atoms with Crippen LogP contribution in [0.15, 0.2) is 18.2 Å². The van der Waals surface area contributed by atoms with Crippen molar-refractivity contribution in [1.29, 1.82) is 5.26 Å². The number of hydrogen-bond donors (Lipinski definition) is 2. The average molecular weight is 246 g/mol. The van der Waals surface area contributed by atoms with E-state index in [4.69, 9.17) is 16.7 Å². The number of hydrogen-bond acceptors (Lipinski definition) is 4. The van der Waals surface area contributed by atoms with E-state index in [9.17, 15) is 4.79 Å². The van der Waals surface area contributed by atoms with Crippen LogP contribution in [0.4, 0.5) is 11.4 Å². The van der Waals surface area contributed by atoms with Crippen molar-refractivity contribution < 1.29 is 4.79 Å². The van der Waals surface area contributed by atoms with Crippen LogP contribution in [0.1, 0.15) is 19.4 Å². The summed E-state index contributed by atoms with van der Waals surface area (Å²) in [5.41, 5.74) is 12.7. The van der Waals surface area contributed by atoms with Crippen molar-refractivity contribution in [3.05, 3.63) is 23.8 Å². The minimum Gasteiger partial charge on any atom is -0.396 e. The van der Waals surface area contributed by atoms with Gasteiger partial charge in [0.25, 0.3) is 0 Å². The molecule has 1 aromatic rings. The number of carbonyl (C=O) groups is 1. The lowest BCUT2D eigenvalue weighted by Crippen LogP contribution is -2.36. The SMILES string of the molecule is CC(C)CN(CC(N)=O)c1cccc(C#N)c1N. The molecule has 0 unspecified atom stereocenters. The molecule has 1 rings (SSSR count). The third kappa shape index (κ3) is 3.39. The number of nitrogens with zero attached hydrogens (tertiary/aromatic N) is 2. The lowest BCUT2D eigenvalue weighted by Gasteiger charge is -2.26. The Balaban J connectivity index is 3.12. The fraction of sp³-hybridized carbons (Fsp3) is 0.385. The number of nitriles is 1. The van der Waals surface area contributed by atoms with E-state index < -0.39 is 5.91 Å². The Morgan fingerprint density at radius 1 is 1.50 bits per heavy atom. The van der Waals surface area contributed by atoms with Gasteiger partial charge < -0.3 is 16.4 Å². The van der Waals surface area contributed by atoms with Gasteiger partial charge in [0, 0.05) is 6.54 Å². The summed E-state index contributed by atoms with van der Waals surface area (Å²) < 4.78 is 0. The number of nitrogen functional groups attached to an aromatic ring is 1. The molecule has 18 heavy (non-hydrogen) atoms. The minimum atomic E-state index is -0.419. The van der Waals surface area contributed by atoms with Crippen LogP contribution in [0.5, 0.6) is 0 Å². The zero-order valence-corrected chi connectivity index (χ0v) is 10.7. The van der Waals surface area contributed by atoms with Crippen molar-refractivity contribution >= 4 is 17.3 Å². The van der Waals surface area contributed by atoms with Gasteiger partial charge in [-0.3, -0.25) is 4.79 Å². The maximum absolute atomic E-state index is 11.1. The summed E-state index contributed by atoms with van der Waals surface area (Å²) in [6, 6.07) is 7.22. The molecule has 0 atom stereocenters. The van der Waals surface area contributed by atoms with Gasteiger partial charge in [-0.2, -0.15) is 5.26 Å². The van der Waals surface area contributed by atoms with Crippen molar-refractivity contribution in [1.82, 2.24) is 0 Å². The lowest BCUT2D eigenvalue weighted by atomic mass is 10.1. The smallest absolute Gasteiger partial charge is 0.236 e. The monoisotopic (exact) mass is 246 g/mol. The first-order chi connectivity index (χ1) is 8.45. The summed E-state index contributed by atoms with van der Waals surface area (Å²) >= 11 is 0. The zero-order chi connectivity index (χ0) is 13.7. The van der Waals surface area contributed by atoms with E-state index in [1.165, 1.54) is 0 Å². The summed E-state index contributed by atoms with van der Waals surface area (Å²) in [7, 11) is 0. The van der Waals surface area contributed by atoms with Gasteiger partial charge in [0.1, 0.15) is 6.07 Å². The van der Waals surface area contributed by atoms with Crippen LogP contribution in [0.2, 0.25) is 0 Å². The third-order valence-electron chi connectivity index (χ3n) is 2.48. The highest BCUT2D eigenvalue weighted by molar-refractivity contribution is 5.83. The van der Waals surface area contributed by atoms with Crippen molar-refractivity contribution in [3.8, 4) is 6.07 Å². The van der Waals surface area contributed by atoms with E-state index in [1.54, 1.807) is 18.2 Å². The molecule has 0 aliphatic carbocycles. The molecule has 1 amide bonds. The first-order valence-corrected chi connectivity index (χ1v) is 5.77. The summed E-state index contributed by atoms with van der Waals surface area (Å²) in [4.78, 5) is 12.9. The first-order valence-electron chi connectivity index (χ1n) is 5.77.